The first-order valence-electron chi connectivity index (χ1n) is 5.91. The molecule has 1 aliphatic carbocycles. The molecule has 5 nitrogen and oxygen atoms in total. The van der Waals surface area contributed by atoms with Gasteiger partial charge in [-0.25, -0.2) is 10.6 Å². The van der Waals surface area contributed by atoms with Crippen LogP contribution in [0.4, 0.5) is 0 Å². The fourth-order valence-electron chi connectivity index (χ4n) is 1.52. The average molecular weight is 240 g/mol. The van der Waals surface area contributed by atoms with Gasteiger partial charge in [0.2, 0.25) is 0 Å². The van der Waals surface area contributed by atoms with Crippen LogP contribution in [0.15, 0.2) is 11.6 Å². The lowest BCUT2D eigenvalue weighted by molar-refractivity contribution is -0.155. The summed E-state index contributed by atoms with van der Waals surface area (Å²) in [5, 5.41) is 1.02. The molecule has 0 bridgehead atoms. The molecular weight excluding hydrogens is 220 g/mol. The first kappa shape index (κ1) is 13.7. The van der Waals surface area contributed by atoms with E-state index < -0.39 is 11.5 Å². The van der Waals surface area contributed by atoms with Crippen LogP contribution in [0.3, 0.4) is 0 Å². The van der Waals surface area contributed by atoms with Crippen LogP contribution in [0.2, 0.25) is 0 Å². The van der Waals surface area contributed by atoms with Gasteiger partial charge in [0.1, 0.15) is 0 Å². The quantitative estimate of drug-likeness (QED) is 0.257. The summed E-state index contributed by atoms with van der Waals surface area (Å²) in [4.78, 5) is 23.5. The predicted molar refractivity (Wildman–Crippen MR) is 63.7 cm³/mol. The number of esters is 1. The molecule has 0 radical (unpaired) electrons. The second-order valence-electron chi connectivity index (χ2n) is 4.30. The summed E-state index contributed by atoms with van der Waals surface area (Å²) in [5.41, 5.74) is 0.0163. The smallest absolute Gasteiger partial charge is 0.333 e. The van der Waals surface area contributed by atoms with Gasteiger partial charge in [-0.3, -0.25) is 9.80 Å². The van der Waals surface area contributed by atoms with Gasteiger partial charge in [0, 0.05) is 6.08 Å². The van der Waals surface area contributed by atoms with E-state index >= 15 is 0 Å². The van der Waals surface area contributed by atoms with Crippen LogP contribution in [-0.2, 0) is 14.3 Å². The molecule has 1 aliphatic rings. The molecule has 0 heterocycles. The lowest BCUT2D eigenvalue weighted by atomic mass is 10.2. The molecule has 1 amide bonds. The molecule has 0 unspecified atom stereocenters. The zero-order valence-corrected chi connectivity index (χ0v) is 10.7. The molecule has 0 aromatic carbocycles. The number of nitrogens with two attached hydrogens (primary N) is 1. The normalized spacial score (nSPS) is 17.5. The van der Waals surface area contributed by atoms with Crippen molar-refractivity contribution >= 4 is 11.9 Å². The maximum absolute atomic E-state index is 11.8. The van der Waals surface area contributed by atoms with Crippen molar-refractivity contribution in [3.05, 3.63) is 11.6 Å². The van der Waals surface area contributed by atoms with Crippen LogP contribution in [0.25, 0.3) is 0 Å². The number of allylic oxidation sites excluding steroid dienone is 1. The zero-order valence-electron chi connectivity index (χ0n) is 10.7. The number of rotatable bonds is 5. The van der Waals surface area contributed by atoms with E-state index in [1.807, 2.05) is 13.8 Å². The van der Waals surface area contributed by atoms with E-state index in [-0.39, 0.29) is 5.91 Å². The summed E-state index contributed by atoms with van der Waals surface area (Å²) < 4.78 is 4.94. The second kappa shape index (κ2) is 5.31. The Morgan fingerprint density at radius 3 is 2.41 bits per heavy atom. The summed E-state index contributed by atoms with van der Waals surface area (Å²) in [7, 11) is 0. The highest BCUT2D eigenvalue weighted by molar-refractivity contribution is 5.95. The summed E-state index contributed by atoms with van der Waals surface area (Å²) >= 11 is 0. The molecule has 5 heteroatoms. The molecule has 1 fully saturated rings. The van der Waals surface area contributed by atoms with Gasteiger partial charge in [0.05, 0.1) is 6.61 Å². The lowest BCUT2D eigenvalue weighted by Gasteiger charge is -2.24. The van der Waals surface area contributed by atoms with E-state index in [1.54, 1.807) is 6.92 Å². The predicted octanol–water partition coefficient (Wildman–Crippen LogP) is 1.14. The Kier molecular flexibility index (Phi) is 4.28. The Bertz CT molecular complexity index is 346. The number of ether oxygens (including phenoxy) is 1. The molecule has 1 saturated carbocycles. The molecule has 0 aromatic heterocycles. The van der Waals surface area contributed by atoms with Gasteiger partial charge >= 0.3 is 5.97 Å². The number of hydrogen-bond acceptors (Lipinski definition) is 4. The first-order chi connectivity index (χ1) is 7.97. The molecule has 0 atom stereocenters. The minimum Gasteiger partial charge on any atom is -0.464 e. The monoisotopic (exact) mass is 240 g/mol. The minimum absolute atomic E-state index is 0.298. The summed E-state index contributed by atoms with van der Waals surface area (Å²) in [6.45, 7) is 5.85. The third-order valence-corrected chi connectivity index (χ3v) is 3.01. The van der Waals surface area contributed by atoms with Crippen molar-refractivity contribution < 1.29 is 14.3 Å². The van der Waals surface area contributed by atoms with E-state index in [4.69, 9.17) is 10.6 Å². The van der Waals surface area contributed by atoms with Crippen LogP contribution in [-0.4, -0.2) is 29.0 Å². The van der Waals surface area contributed by atoms with Crippen molar-refractivity contribution in [1.82, 2.24) is 5.01 Å². The molecule has 0 aromatic rings. The lowest BCUT2D eigenvalue weighted by Crippen LogP contribution is -2.51. The molecular formula is C12H20N2O3. The zero-order chi connectivity index (χ0) is 13.1. The highest BCUT2D eigenvalue weighted by Gasteiger charge is 2.57. The van der Waals surface area contributed by atoms with Gasteiger partial charge in [-0.2, -0.15) is 0 Å². The fraction of sp³-hybridized carbons (Fsp3) is 0.667. The number of hydrazine groups is 1. The van der Waals surface area contributed by atoms with Crippen LogP contribution < -0.4 is 5.84 Å². The van der Waals surface area contributed by atoms with E-state index in [1.165, 1.54) is 6.08 Å². The second-order valence-corrected chi connectivity index (χ2v) is 4.30. The third-order valence-electron chi connectivity index (χ3n) is 3.01. The van der Waals surface area contributed by atoms with Crippen molar-refractivity contribution in [3.8, 4) is 0 Å². The van der Waals surface area contributed by atoms with E-state index in [9.17, 15) is 9.59 Å². The van der Waals surface area contributed by atoms with Gasteiger partial charge in [-0.1, -0.05) is 12.5 Å². The molecule has 1 rings (SSSR count). The number of carbonyl (C=O) groups excluding carboxylic acids is 2. The number of carbonyl (C=O) groups is 2. The third kappa shape index (κ3) is 2.85. The number of hydrogen-bond donors (Lipinski definition) is 1. The van der Waals surface area contributed by atoms with Gasteiger partial charge in [-0.05, 0) is 33.1 Å². The summed E-state index contributed by atoms with van der Waals surface area (Å²) in [6.07, 6.45) is 3.41. The van der Waals surface area contributed by atoms with Crippen molar-refractivity contribution in [2.24, 2.45) is 5.84 Å². The van der Waals surface area contributed by atoms with Gasteiger partial charge < -0.3 is 4.74 Å². The Labute approximate surface area is 102 Å². The largest absolute Gasteiger partial charge is 0.464 e. The molecule has 0 saturated heterocycles. The average Bonchev–Trinajstić information content (AvgIpc) is 3.09. The molecule has 17 heavy (non-hydrogen) atoms. The minimum atomic E-state index is -0.919. The van der Waals surface area contributed by atoms with Crippen molar-refractivity contribution in [2.45, 2.75) is 45.6 Å². The maximum Gasteiger partial charge on any atom is 0.333 e. The first-order valence-corrected chi connectivity index (χ1v) is 5.91. The highest BCUT2D eigenvalue weighted by atomic mass is 16.5. The molecule has 96 valence electrons. The van der Waals surface area contributed by atoms with Gasteiger partial charge in [-0.15, -0.1) is 0 Å². The van der Waals surface area contributed by atoms with Crippen molar-refractivity contribution in [2.75, 3.05) is 6.61 Å². The van der Waals surface area contributed by atoms with Crippen molar-refractivity contribution in [1.29, 1.82) is 0 Å². The standard InChI is InChI=1S/C12H20N2O3/c1-4-9(3)8-10(15)14(13)12(6-7-12)11(16)17-5-2/h8H,4-7,13H2,1-3H3/b9-8+. The van der Waals surface area contributed by atoms with E-state index in [0.29, 0.717) is 19.4 Å². The molecule has 2 N–H and O–H groups in total. The van der Waals surface area contributed by atoms with Crippen molar-refractivity contribution in [3.63, 3.8) is 0 Å². The van der Waals surface area contributed by atoms with E-state index in [2.05, 4.69) is 0 Å². The number of nitrogens with zero attached hydrogens (tertiary/aromatic N) is 1. The number of amides is 1. The van der Waals surface area contributed by atoms with Crippen LogP contribution in [0.1, 0.15) is 40.0 Å². The van der Waals surface area contributed by atoms with Crippen LogP contribution in [0, 0.1) is 0 Å². The Hall–Kier alpha value is -1.36. The highest BCUT2D eigenvalue weighted by Crippen LogP contribution is 2.41. The van der Waals surface area contributed by atoms with E-state index in [0.717, 1.165) is 17.0 Å². The van der Waals surface area contributed by atoms with Crippen LogP contribution in [0.5, 0.6) is 0 Å². The topological polar surface area (TPSA) is 72.6 Å². The molecule has 0 aliphatic heterocycles. The maximum atomic E-state index is 11.8. The van der Waals surface area contributed by atoms with Gasteiger partial charge in [0.25, 0.3) is 5.91 Å². The summed E-state index contributed by atoms with van der Waals surface area (Å²) in [5.74, 6) is 4.99. The molecule has 0 spiro atoms. The fourth-order valence-corrected chi connectivity index (χ4v) is 1.52. The van der Waals surface area contributed by atoms with Crippen LogP contribution >= 0.6 is 0 Å². The Morgan fingerprint density at radius 2 is 2.00 bits per heavy atom. The summed E-state index contributed by atoms with van der Waals surface area (Å²) in [6, 6.07) is 0. The Balaban J connectivity index is 2.73. The Morgan fingerprint density at radius 1 is 1.41 bits per heavy atom. The van der Waals surface area contributed by atoms with Gasteiger partial charge in [0.15, 0.2) is 5.54 Å². The SMILES string of the molecule is CCOC(=O)C1(N(N)C(=O)/C=C(\C)CC)CC1.